The minimum absolute atomic E-state index is 0.0523. The Balaban J connectivity index is 3.31. The van der Waals surface area contributed by atoms with Crippen molar-refractivity contribution in [3.63, 3.8) is 0 Å². The molecule has 3 N–H and O–H groups in total. The van der Waals surface area contributed by atoms with Gasteiger partial charge in [0, 0.05) is 5.57 Å². The van der Waals surface area contributed by atoms with Gasteiger partial charge in [0.05, 0.1) is 12.1 Å². The molecule has 0 bridgehead atoms. The summed E-state index contributed by atoms with van der Waals surface area (Å²) in [7, 11) is 1.07. The van der Waals surface area contributed by atoms with Crippen LogP contribution >= 0.6 is 11.6 Å². The van der Waals surface area contributed by atoms with Gasteiger partial charge in [-0.15, -0.1) is 0 Å². The first kappa shape index (κ1) is 13.2. The molecular weight excluding hydrogens is 236 g/mol. The maximum Gasteiger partial charge on any atom is 0.345 e. The van der Waals surface area contributed by atoms with E-state index in [9.17, 15) is 20.1 Å². The van der Waals surface area contributed by atoms with Crippen LogP contribution in [0.1, 0.15) is 6.92 Å². The molecule has 0 amide bonds. The summed E-state index contributed by atoms with van der Waals surface area (Å²) in [5, 5.41) is 29.0. The molecule has 0 aliphatic heterocycles. The molecule has 1 aliphatic carbocycles. The normalized spacial score (nSPS) is 34.9. The summed E-state index contributed by atoms with van der Waals surface area (Å²) in [6, 6.07) is 0. The van der Waals surface area contributed by atoms with Crippen molar-refractivity contribution < 1.29 is 24.9 Å². The number of aliphatic hydroxyl groups is 3. The Kier molecular flexibility index (Phi) is 3.75. The first-order chi connectivity index (χ1) is 7.41. The number of halogens is 1. The highest BCUT2D eigenvalue weighted by atomic mass is 35.5. The number of carbonyl (C=O) groups is 1. The lowest BCUT2D eigenvalue weighted by Gasteiger charge is -2.26. The molecule has 0 aromatic heterocycles. The van der Waals surface area contributed by atoms with Crippen LogP contribution in [0, 0.1) is 0 Å². The number of esters is 1. The second-order valence-electron chi connectivity index (χ2n) is 3.41. The number of methoxy groups -OCH3 is 1. The molecular formula is C10H13ClO5. The quantitative estimate of drug-likeness (QED) is 0.584. The number of aliphatic hydroxyl groups excluding tert-OH is 2. The minimum Gasteiger partial charge on any atom is -0.467 e. The fourth-order valence-electron chi connectivity index (χ4n) is 1.63. The molecule has 0 aromatic carbocycles. The Hall–Kier alpha value is -0.880. The van der Waals surface area contributed by atoms with Gasteiger partial charge in [-0.05, 0) is 6.92 Å². The highest BCUT2D eigenvalue weighted by Gasteiger charge is 2.57. The van der Waals surface area contributed by atoms with Crippen molar-refractivity contribution in [1.82, 2.24) is 0 Å². The molecule has 0 heterocycles. The van der Waals surface area contributed by atoms with Crippen LogP contribution in [0.2, 0.25) is 0 Å². The van der Waals surface area contributed by atoms with Gasteiger partial charge in [-0.3, -0.25) is 0 Å². The molecule has 0 saturated heterocycles. The highest BCUT2D eigenvalue weighted by molar-refractivity contribution is 6.31. The van der Waals surface area contributed by atoms with Gasteiger partial charge in [-0.25, -0.2) is 4.79 Å². The summed E-state index contributed by atoms with van der Waals surface area (Å²) in [4.78, 5) is 11.5. The maximum atomic E-state index is 11.5. The molecule has 0 radical (unpaired) electrons. The van der Waals surface area contributed by atoms with Gasteiger partial charge < -0.3 is 20.1 Å². The van der Waals surface area contributed by atoms with Gasteiger partial charge in [0.2, 0.25) is 5.60 Å². The van der Waals surface area contributed by atoms with Crippen molar-refractivity contribution in [3.05, 3.63) is 22.8 Å². The van der Waals surface area contributed by atoms with Gasteiger partial charge in [0.1, 0.15) is 12.2 Å². The van der Waals surface area contributed by atoms with E-state index < -0.39 is 23.8 Å². The lowest BCUT2D eigenvalue weighted by molar-refractivity contribution is -0.171. The number of ether oxygens (including phenoxy) is 1. The van der Waals surface area contributed by atoms with Gasteiger partial charge in [-0.1, -0.05) is 23.8 Å². The largest absolute Gasteiger partial charge is 0.467 e. The lowest BCUT2D eigenvalue weighted by atomic mass is 9.92. The zero-order chi connectivity index (χ0) is 12.5. The van der Waals surface area contributed by atoms with E-state index in [1.165, 1.54) is 12.2 Å². The Morgan fingerprint density at radius 2 is 2.12 bits per heavy atom. The SMILES string of the molecule is CC=CC1=C(Cl)[C@@H](O)[C@@H](O)[C@@]1(O)C(=O)OC. The van der Waals surface area contributed by atoms with Crippen molar-refractivity contribution in [1.29, 1.82) is 0 Å². The van der Waals surface area contributed by atoms with E-state index in [1.807, 2.05) is 0 Å². The third kappa shape index (κ3) is 1.66. The van der Waals surface area contributed by atoms with E-state index in [1.54, 1.807) is 6.92 Å². The first-order valence-corrected chi connectivity index (χ1v) is 4.98. The highest BCUT2D eigenvalue weighted by Crippen LogP contribution is 2.39. The monoisotopic (exact) mass is 248 g/mol. The van der Waals surface area contributed by atoms with Crippen LogP contribution in [-0.2, 0) is 9.53 Å². The second-order valence-corrected chi connectivity index (χ2v) is 3.82. The number of rotatable bonds is 2. The fraction of sp³-hybridized carbons (Fsp3) is 0.500. The third-order valence-corrected chi connectivity index (χ3v) is 2.91. The molecule has 0 aromatic rings. The Morgan fingerprint density at radius 3 is 2.56 bits per heavy atom. The van der Waals surface area contributed by atoms with E-state index in [2.05, 4.69) is 4.74 Å². The fourth-order valence-corrected chi connectivity index (χ4v) is 1.95. The Bertz CT molecular complexity index is 362. The van der Waals surface area contributed by atoms with Gasteiger partial charge in [0.25, 0.3) is 0 Å². The van der Waals surface area contributed by atoms with E-state index in [4.69, 9.17) is 11.6 Å². The van der Waals surface area contributed by atoms with Crippen LogP contribution in [0.4, 0.5) is 0 Å². The summed E-state index contributed by atoms with van der Waals surface area (Å²) in [5.41, 5.74) is -2.37. The number of carbonyl (C=O) groups excluding carboxylic acids is 1. The topological polar surface area (TPSA) is 87.0 Å². The molecule has 0 spiro atoms. The lowest BCUT2D eigenvalue weighted by Crippen LogP contribution is -2.51. The average Bonchev–Trinajstić information content (AvgIpc) is 2.44. The molecule has 3 atom stereocenters. The van der Waals surface area contributed by atoms with E-state index >= 15 is 0 Å². The standard InChI is InChI=1S/C10H13ClO5/c1-3-4-5-6(11)7(12)8(13)10(5,15)9(14)16-2/h3-4,7-8,12-13,15H,1-2H3/t7-,8-,10-/m1/s1. The van der Waals surface area contributed by atoms with E-state index in [0.717, 1.165) is 7.11 Å². The van der Waals surface area contributed by atoms with Gasteiger partial charge >= 0.3 is 5.97 Å². The molecule has 6 heteroatoms. The Labute approximate surface area is 97.6 Å². The number of hydrogen-bond donors (Lipinski definition) is 3. The Morgan fingerprint density at radius 1 is 1.56 bits per heavy atom. The van der Waals surface area contributed by atoms with Crippen LogP contribution in [0.5, 0.6) is 0 Å². The van der Waals surface area contributed by atoms with Crippen LogP contribution in [0.25, 0.3) is 0 Å². The van der Waals surface area contributed by atoms with Crippen molar-refractivity contribution in [3.8, 4) is 0 Å². The summed E-state index contributed by atoms with van der Waals surface area (Å²) in [6.07, 6.45) is -0.370. The zero-order valence-electron chi connectivity index (χ0n) is 8.85. The number of allylic oxidation sites excluding steroid dienone is 1. The van der Waals surface area contributed by atoms with E-state index in [-0.39, 0.29) is 10.6 Å². The van der Waals surface area contributed by atoms with E-state index in [0.29, 0.717) is 0 Å². The molecule has 0 fully saturated rings. The molecule has 1 rings (SSSR count). The molecule has 0 unspecified atom stereocenters. The average molecular weight is 249 g/mol. The van der Waals surface area contributed by atoms with Crippen LogP contribution in [-0.4, -0.2) is 46.2 Å². The number of hydrogen-bond acceptors (Lipinski definition) is 5. The molecule has 0 saturated carbocycles. The van der Waals surface area contributed by atoms with Gasteiger partial charge in [0.15, 0.2) is 0 Å². The summed E-state index contributed by atoms with van der Waals surface area (Å²) >= 11 is 5.74. The summed E-state index contributed by atoms with van der Waals surface area (Å²) in [6.45, 7) is 1.64. The summed E-state index contributed by atoms with van der Waals surface area (Å²) < 4.78 is 4.39. The van der Waals surface area contributed by atoms with Crippen molar-refractivity contribution >= 4 is 17.6 Å². The van der Waals surface area contributed by atoms with Crippen molar-refractivity contribution in [2.45, 2.75) is 24.7 Å². The molecule has 16 heavy (non-hydrogen) atoms. The molecule has 5 nitrogen and oxygen atoms in total. The molecule has 1 aliphatic rings. The van der Waals surface area contributed by atoms with Crippen molar-refractivity contribution in [2.75, 3.05) is 7.11 Å². The predicted octanol–water partition coefficient (Wildman–Crippen LogP) is -0.305. The third-order valence-electron chi connectivity index (χ3n) is 2.48. The maximum absolute atomic E-state index is 11.5. The minimum atomic E-state index is -2.32. The predicted molar refractivity (Wildman–Crippen MR) is 56.7 cm³/mol. The smallest absolute Gasteiger partial charge is 0.345 e. The van der Waals surface area contributed by atoms with Crippen LogP contribution in [0.3, 0.4) is 0 Å². The van der Waals surface area contributed by atoms with Crippen LogP contribution in [0.15, 0.2) is 22.8 Å². The second kappa shape index (κ2) is 4.55. The van der Waals surface area contributed by atoms with Crippen LogP contribution < -0.4 is 0 Å². The zero-order valence-corrected chi connectivity index (χ0v) is 9.60. The molecule has 90 valence electrons. The van der Waals surface area contributed by atoms with Gasteiger partial charge in [-0.2, -0.15) is 0 Å². The summed E-state index contributed by atoms with van der Waals surface area (Å²) in [5.74, 6) is -1.07. The first-order valence-electron chi connectivity index (χ1n) is 4.61. The van der Waals surface area contributed by atoms with Crippen molar-refractivity contribution in [2.24, 2.45) is 0 Å².